The van der Waals surface area contributed by atoms with Gasteiger partial charge in [0.2, 0.25) is 0 Å². The molecule has 0 fully saturated rings. The molecule has 0 saturated carbocycles. The molecule has 0 aromatic heterocycles. The first-order valence-electron chi connectivity index (χ1n) is 16.3. The van der Waals surface area contributed by atoms with Crippen LogP contribution < -0.4 is 5.32 Å². The Bertz CT molecular complexity index is 1570. The lowest BCUT2D eigenvalue weighted by Gasteiger charge is -2.23. The van der Waals surface area contributed by atoms with Crippen LogP contribution in [0, 0.1) is 0 Å². The topological polar surface area (TPSA) is 122 Å². The van der Waals surface area contributed by atoms with Gasteiger partial charge in [-0.15, -0.1) is 0 Å². The summed E-state index contributed by atoms with van der Waals surface area (Å²) in [5, 5.41) is 26.4. The standard InChI is InChI=1S/C38H45NO7/c40-34(41)27-46-36(38(43)44)35(37(42)39-23-11-4-6-14-29-20-22-31-16-8-10-18-33(31)26-29)45-24-12-3-1-2-5-13-28-19-21-30-15-7-9-17-32(30)25-28/h7-10,15-22,25-26,35-36H,1-6,11-14,23-24,27H2,(H,39,42)(H,40,41)(H,43,44). The van der Waals surface area contributed by atoms with Gasteiger partial charge in [-0.2, -0.15) is 0 Å². The SMILES string of the molecule is O=C(O)COC(C(=O)O)C(OCCCCCCCc1ccc2ccccc2c1)C(=O)NCCCCCc1ccc2ccccc2c1. The molecule has 0 bridgehead atoms. The molecule has 0 spiro atoms. The minimum Gasteiger partial charge on any atom is -0.480 e. The number of carboxylic acid groups (broad SMARTS) is 2. The smallest absolute Gasteiger partial charge is 0.336 e. The summed E-state index contributed by atoms with van der Waals surface area (Å²) in [5.74, 6) is -3.37. The second kappa shape index (κ2) is 18.6. The highest BCUT2D eigenvalue weighted by Crippen LogP contribution is 2.19. The maximum Gasteiger partial charge on any atom is 0.336 e. The van der Waals surface area contributed by atoms with Crippen molar-refractivity contribution in [1.82, 2.24) is 5.32 Å². The van der Waals surface area contributed by atoms with Crippen LogP contribution in [-0.4, -0.2) is 60.0 Å². The van der Waals surface area contributed by atoms with Crippen molar-refractivity contribution in [1.29, 1.82) is 0 Å². The molecule has 2 atom stereocenters. The highest BCUT2D eigenvalue weighted by molar-refractivity contribution is 5.88. The number of benzene rings is 4. The van der Waals surface area contributed by atoms with Gasteiger partial charge in [0.15, 0.2) is 12.2 Å². The van der Waals surface area contributed by atoms with Crippen LogP contribution in [0.3, 0.4) is 0 Å². The number of unbranched alkanes of at least 4 members (excludes halogenated alkanes) is 6. The van der Waals surface area contributed by atoms with Crippen LogP contribution in [0.4, 0.5) is 0 Å². The monoisotopic (exact) mass is 627 g/mol. The van der Waals surface area contributed by atoms with Gasteiger partial charge in [0.05, 0.1) is 0 Å². The molecule has 0 aliphatic carbocycles. The molecule has 8 heteroatoms. The average molecular weight is 628 g/mol. The predicted molar refractivity (Wildman–Crippen MR) is 180 cm³/mol. The number of nitrogens with one attached hydrogen (secondary N) is 1. The number of carboxylic acids is 2. The molecule has 4 aromatic carbocycles. The van der Waals surface area contributed by atoms with Crippen molar-refractivity contribution in [2.75, 3.05) is 19.8 Å². The molecule has 0 heterocycles. The molecule has 8 nitrogen and oxygen atoms in total. The first kappa shape index (κ1) is 34.6. The quantitative estimate of drug-likeness (QED) is 0.0854. The maximum atomic E-state index is 13.0. The van der Waals surface area contributed by atoms with E-state index >= 15 is 0 Å². The molecule has 0 aliphatic heterocycles. The van der Waals surface area contributed by atoms with Crippen molar-refractivity contribution in [3.05, 3.63) is 96.1 Å². The number of ether oxygens (including phenoxy) is 2. The van der Waals surface area contributed by atoms with Crippen LogP contribution in [0.1, 0.15) is 62.5 Å². The van der Waals surface area contributed by atoms with Crippen LogP contribution in [0.25, 0.3) is 21.5 Å². The van der Waals surface area contributed by atoms with Crippen molar-refractivity contribution in [3.8, 4) is 0 Å². The fraction of sp³-hybridized carbons (Fsp3) is 0.395. The molecule has 0 radical (unpaired) electrons. The second-order valence-electron chi connectivity index (χ2n) is 11.7. The number of carbonyl (C=O) groups excluding carboxylic acids is 1. The summed E-state index contributed by atoms with van der Waals surface area (Å²) in [6, 6.07) is 29.6. The van der Waals surface area contributed by atoms with Gasteiger partial charge >= 0.3 is 11.9 Å². The first-order valence-corrected chi connectivity index (χ1v) is 16.3. The molecule has 4 aromatic rings. The number of carbonyl (C=O) groups is 3. The highest BCUT2D eigenvalue weighted by atomic mass is 16.6. The van der Waals surface area contributed by atoms with Crippen molar-refractivity contribution in [2.24, 2.45) is 0 Å². The normalized spacial score (nSPS) is 12.6. The summed E-state index contributed by atoms with van der Waals surface area (Å²) >= 11 is 0. The summed E-state index contributed by atoms with van der Waals surface area (Å²) in [4.78, 5) is 35.9. The summed E-state index contributed by atoms with van der Waals surface area (Å²) < 4.78 is 10.8. The molecule has 46 heavy (non-hydrogen) atoms. The number of rotatable bonds is 21. The molecule has 2 unspecified atom stereocenters. The fourth-order valence-electron chi connectivity index (χ4n) is 5.65. The van der Waals surface area contributed by atoms with Crippen molar-refractivity contribution in [2.45, 2.75) is 76.4 Å². The Kier molecular flexibility index (Phi) is 14.0. The van der Waals surface area contributed by atoms with Crippen LogP contribution in [-0.2, 0) is 36.7 Å². The lowest BCUT2D eigenvalue weighted by Crippen LogP contribution is -2.49. The van der Waals surface area contributed by atoms with Crippen molar-refractivity contribution in [3.63, 3.8) is 0 Å². The molecule has 4 rings (SSSR count). The Balaban J connectivity index is 1.16. The highest BCUT2D eigenvalue weighted by Gasteiger charge is 2.36. The first-order chi connectivity index (χ1) is 22.4. The zero-order valence-corrected chi connectivity index (χ0v) is 26.4. The molecule has 1 amide bonds. The maximum absolute atomic E-state index is 13.0. The molecule has 3 N–H and O–H groups in total. The van der Waals surface area contributed by atoms with Crippen LogP contribution in [0.15, 0.2) is 84.9 Å². The third-order valence-electron chi connectivity index (χ3n) is 8.14. The van der Waals surface area contributed by atoms with E-state index in [1.807, 2.05) is 18.2 Å². The lowest BCUT2D eigenvalue weighted by atomic mass is 10.0. The van der Waals surface area contributed by atoms with Crippen molar-refractivity contribution >= 4 is 39.4 Å². The summed E-state index contributed by atoms with van der Waals surface area (Å²) in [6.45, 7) is -0.302. The minimum atomic E-state index is -1.72. The largest absolute Gasteiger partial charge is 0.480 e. The molecule has 0 saturated heterocycles. The Morgan fingerprint density at radius 3 is 1.67 bits per heavy atom. The van der Waals surface area contributed by atoms with E-state index in [4.69, 9.17) is 14.6 Å². The Morgan fingerprint density at radius 2 is 1.11 bits per heavy atom. The number of aryl methyl sites for hydroxylation is 2. The van der Waals surface area contributed by atoms with E-state index in [9.17, 15) is 19.5 Å². The van der Waals surface area contributed by atoms with Gasteiger partial charge in [0.1, 0.15) is 6.61 Å². The van der Waals surface area contributed by atoms with E-state index in [0.29, 0.717) is 13.0 Å². The van der Waals surface area contributed by atoms with Gasteiger partial charge < -0.3 is 25.0 Å². The van der Waals surface area contributed by atoms with E-state index in [1.54, 1.807) is 0 Å². The molecule has 0 aliphatic rings. The van der Waals surface area contributed by atoms with Gasteiger partial charge in [-0.1, -0.05) is 111 Å². The number of fused-ring (bicyclic) bond motifs is 2. The van der Waals surface area contributed by atoms with Gasteiger partial charge in [0, 0.05) is 13.2 Å². The van der Waals surface area contributed by atoms with Gasteiger partial charge in [-0.05, 0) is 71.2 Å². The third kappa shape index (κ3) is 11.3. The van der Waals surface area contributed by atoms with Gasteiger partial charge in [-0.3, -0.25) is 4.79 Å². The Hall–Kier alpha value is -4.27. The average Bonchev–Trinajstić information content (AvgIpc) is 3.06. The van der Waals surface area contributed by atoms with E-state index in [-0.39, 0.29) is 6.61 Å². The number of amides is 1. The van der Waals surface area contributed by atoms with Crippen molar-refractivity contribution < 1.29 is 34.1 Å². The number of aliphatic carboxylic acids is 2. The minimum absolute atomic E-state index is 0.175. The number of hydrogen-bond acceptors (Lipinski definition) is 5. The van der Waals surface area contributed by atoms with Gasteiger partial charge in [-0.25, -0.2) is 9.59 Å². The van der Waals surface area contributed by atoms with Gasteiger partial charge in [0.25, 0.3) is 5.91 Å². The van der Waals surface area contributed by atoms with E-state index in [2.05, 4.69) is 72.0 Å². The third-order valence-corrected chi connectivity index (χ3v) is 8.14. The Morgan fingerprint density at radius 1 is 0.587 bits per heavy atom. The molecule has 244 valence electrons. The summed E-state index contributed by atoms with van der Waals surface area (Å²) in [6.07, 6.45) is 5.97. The van der Waals surface area contributed by atoms with Crippen LogP contribution >= 0.6 is 0 Å². The number of hydrogen-bond donors (Lipinski definition) is 3. The van der Waals surface area contributed by atoms with Crippen LogP contribution in [0.5, 0.6) is 0 Å². The van der Waals surface area contributed by atoms with E-state index in [0.717, 1.165) is 57.8 Å². The van der Waals surface area contributed by atoms with Crippen LogP contribution in [0.2, 0.25) is 0 Å². The van der Waals surface area contributed by atoms with E-state index < -0.39 is 36.7 Å². The molecular weight excluding hydrogens is 582 g/mol. The zero-order valence-electron chi connectivity index (χ0n) is 26.4. The molecular formula is C38H45NO7. The lowest BCUT2D eigenvalue weighted by molar-refractivity contribution is -0.172. The fourth-order valence-corrected chi connectivity index (χ4v) is 5.65. The second-order valence-corrected chi connectivity index (χ2v) is 11.7. The Labute approximate surface area is 270 Å². The zero-order chi connectivity index (χ0) is 32.6. The van der Waals surface area contributed by atoms with E-state index in [1.165, 1.54) is 32.7 Å². The summed E-state index contributed by atoms with van der Waals surface area (Å²) in [7, 11) is 0. The summed E-state index contributed by atoms with van der Waals surface area (Å²) in [5.41, 5.74) is 2.59. The predicted octanol–water partition coefficient (Wildman–Crippen LogP) is 6.95.